The molecule has 7 nitrogen and oxygen atoms in total. The highest BCUT2D eigenvalue weighted by atomic mass is 16.5. The molecular formula is C14H26N6O. The highest BCUT2D eigenvalue weighted by Crippen LogP contribution is 2.28. The number of hydrogen-bond donors (Lipinski definition) is 3. The molecule has 1 saturated carbocycles. The molecule has 0 radical (unpaired) electrons. The standard InChI is InChI=1S/C14H26N6O/c1-9(2)21-14-18-12(17-13(19-14)20-15)16-8-11-6-4-10(3)5-7-11/h9-11H,4-8,15H2,1-3H3,(H2,16,17,18,19,20). The van der Waals surface area contributed by atoms with E-state index in [-0.39, 0.29) is 12.1 Å². The number of anilines is 2. The highest BCUT2D eigenvalue weighted by molar-refractivity contribution is 5.34. The van der Waals surface area contributed by atoms with E-state index in [1.165, 1.54) is 25.7 Å². The summed E-state index contributed by atoms with van der Waals surface area (Å²) in [5, 5.41) is 3.28. The minimum atomic E-state index is 0.00528. The van der Waals surface area contributed by atoms with Gasteiger partial charge in [0.05, 0.1) is 6.10 Å². The highest BCUT2D eigenvalue weighted by Gasteiger charge is 2.18. The van der Waals surface area contributed by atoms with Crippen LogP contribution in [0.2, 0.25) is 0 Å². The maximum atomic E-state index is 5.51. The Kier molecular flexibility index (Phi) is 5.55. The van der Waals surface area contributed by atoms with Gasteiger partial charge in [-0.15, -0.1) is 0 Å². The lowest BCUT2D eigenvalue weighted by atomic mass is 9.83. The van der Waals surface area contributed by atoms with Crippen molar-refractivity contribution in [2.24, 2.45) is 17.7 Å². The molecule has 0 unspecified atom stereocenters. The van der Waals surface area contributed by atoms with E-state index in [4.69, 9.17) is 10.6 Å². The monoisotopic (exact) mass is 294 g/mol. The van der Waals surface area contributed by atoms with Gasteiger partial charge in [-0.1, -0.05) is 19.8 Å². The Morgan fingerprint density at radius 2 is 1.81 bits per heavy atom. The van der Waals surface area contributed by atoms with Gasteiger partial charge in [0.15, 0.2) is 0 Å². The van der Waals surface area contributed by atoms with Gasteiger partial charge >= 0.3 is 6.01 Å². The number of nitrogen functional groups attached to an aromatic ring is 1. The Hall–Kier alpha value is -1.63. The second-order valence-corrected chi connectivity index (χ2v) is 6.08. The van der Waals surface area contributed by atoms with Gasteiger partial charge < -0.3 is 10.1 Å². The molecule has 0 spiro atoms. The normalized spacial score (nSPS) is 22.1. The third-order valence-electron chi connectivity index (χ3n) is 3.77. The van der Waals surface area contributed by atoms with Crippen LogP contribution in [0.3, 0.4) is 0 Å². The number of nitrogens with two attached hydrogens (primary N) is 1. The van der Waals surface area contributed by atoms with Crippen molar-refractivity contribution >= 4 is 11.9 Å². The van der Waals surface area contributed by atoms with Crippen LogP contribution in [0.15, 0.2) is 0 Å². The van der Waals surface area contributed by atoms with E-state index in [1.54, 1.807) is 0 Å². The minimum Gasteiger partial charge on any atom is -0.461 e. The molecule has 0 bridgehead atoms. The molecule has 21 heavy (non-hydrogen) atoms. The second kappa shape index (κ2) is 7.40. The third-order valence-corrected chi connectivity index (χ3v) is 3.77. The van der Waals surface area contributed by atoms with Crippen molar-refractivity contribution in [3.8, 4) is 6.01 Å². The fourth-order valence-electron chi connectivity index (χ4n) is 2.53. The first-order chi connectivity index (χ1) is 10.1. The average molecular weight is 294 g/mol. The zero-order valence-corrected chi connectivity index (χ0v) is 13.1. The predicted octanol–water partition coefficient (Wildman–Crippen LogP) is 2.18. The molecule has 1 aliphatic carbocycles. The van der Waals surface area contributed by atoms with E-state index in [2.05, 4.69) is 32.6 Å². The van der Waals surface area contributed by atoms with Crippen LogP contribution >= 0.6 is 0 Å². The van der Waals surface area contributed by atoms with Gasteiger partial charge in [-0.2, -0.15) is 15.0 Å². The Morgan fingerprint density at radius 1 is 1.14 bits per heavy atom. The van der Waals surface area contributed by atoms with Gasteiger partial charge in [-0.05, 0) is 38.5 Å². The molecule has 118 valence electrons. The quantitative estimate of drug-likeness (QED) is 0.546. The van der Waals surface area contributed by atoms with E-state index in [0.717, 1.165) is 12.5 Å². The van der Waals surface area contributed by atoms with Gasteiger partial charge in [0, 0.05) is 6.54 Å². The van der Waals surface area contributed by atoms with E-state index < -0.39 is 0 Å². The van der Waals surface area contributed by atoms with Crippen molar-refractivity contribution in [3.05, 3.63) is 0 Å². The lowest BCUT2D eigenvalue weighted by Crippen LogP contribution is -2.22. The van der Waals surface area contributed by atoms with Crippen LogP contribution in [-0.4, -0.2) is 27.6 Å². The Morgan fingerprint density at radius 3 is 2.43 bits per heavy atom. The van der Waals surface area contributed by atoms with Crippen molar-refractivity contribution in [3.63, 3.8) is 0 Å². The van der Waals surface area contributed by atoms with Gasteiger partial charge in [0.2, 0.25) is 11.9 Å². The molecule has 1 fully saturated rings. The van der Waals surface area contributed by atoms with Crippen molar-refractivity contribution < 1.29 is 4.74 Å². The maximum absolute atomic E-state index is 5.51. The van der Waals surface area contributed by atoms with Crippen LogP contribution in [-0.2, 0) is 0 Å². The lowest BCUT2D eigenvalue weighted by molar-refractivity contribution is 0.222. The molecule has 1 aromatic heterocycles. The topological polar surface area (TPSA) is 98.0 Å². The average Bonchev–Trinajstić information content (AvgIpc) is 2.45. The Bertz CT molecular complexity index is 445. The third kappa shape index (κ3) is 5.00. The SMILES string of the molecule is CC1CCC(CNc2nc(NN)nc(OC(C)C)n2)CC1. The molecular weight excluding hydrogens is 268 g/mol. The number of nitrogens with zero attached hydrogens (tertiary/aromatic N) is 3. The van der Waals surface area contributed by atoms with Crippen LogP contribution in [0.1, 0.15) is 46.5 Å². The predicted molar refractivity (Wildman–Crippen MR) is 83.0 cm³/mol. The van der Waals surface area contributed by atoms with Gasteiger partial charge in [0.25, 0.3) is 0 Å². The van der Waals surface area contributed by atoms with Crippen molar-refractivity contribution in [1.29, 1.82) is 0 Å². The number of aromatic nitrogens is 3. The summed E-state index contributed by atoms with van der Waals surface area (Å²) in [5.41, 5.74) is 2.44. The summed E-state index contributed by atoms with van der Waals surface area (Å²) >= 11 is 0. The minimum absolute atomic E-state index is 0.00528. The van der Waals surface area contributed by atoms with Crippen LogP contribution in [0, 0.1) is 11.8 Å². The largest absolute Gasteiger partial charge is 0.461 e. The molecule has 0 aliphatic heterocycles. The summed E-state index contributed by atoms with van der Waals surface area (Å²) in [4.78, 5) is 12.6. The Balaban J connectivity index is 1.95. The van der Waals surface area contributed by atoms with Gasteiger partial charge in [0.1, 0.15) is 0 Å². The van der Waals surface area contributed by atoms with E-state index >= 15 is 0 Å². The molecule has 0 amide bonds. The maximum Gasteiger partial charge on any atom is 0.323 e. The molecule has 1 aliphatic rings. The summed E-state index contributed by atoms with van der Waals surface area (Å²) in [7, 11) is 0. The van der Waals surface area contributed by atoms with Gasteiger partial charge in [-0.3, -0.25) is 5.43 Å². The Labute approximate surface area is 126 Å². The summed E-state index contributed by atoms with van der Waals surface area (Å²) in [6.45, 7) is 7.05. The molecule has 2 rings (SSSR count). The van der Waals surface area contributed by atoms with Crippen molar-refractivity contribution in [2.75, 3.05) is 17.3 Å². The van der Waals surface area contributed by atoms with E-state index in [1.807, 2.05) is 13.8 Å². The number of rotatable bonds is 6. The van der Waals surface area contributed by atoms with Crippen LogP contribution < -0.4 is 21.3 Å². The first kappa shape index (κ1) is 15.8. The lowest BCUT2D eigenvalue weighted by Gasteiger charge is -2.26. The zero-order chi connectivity index (χ0) is 15.2. The number of hydrazine groups is 1. The zero-order valence-electron chi connectivity index (χ0n) is 13.1. The van der Waals surface area contributed by atoms with Crippen LogP contribution in [0.5, 0.6) is 6.01 Å². The number of ether oxygens (including phenoxy) is 1. The van der Waals surface area contributed by atoms with E-state index in [9.17, 15) is 0 Å². The fourth-order valence-corrected chi connectivity index (χ4v) is 2.53. The van der Waals surface area contributed by atoms with Crippen molar-refractivity contribution in [2.45, 2.75) is 52.6 Å². The summed E-state index contributed by atoms with van der Waals surface area (Å²) in [6.07, 6.45) is 5.14. The molecule has 4 N–H and O–H groups in total. The second-order valence-electron chi connectivity index (χ2n) is 6.08. The summed E-state index contributed by atoms with van der Waals surface area (Å²) in [6, 6.07) is 0.285. The molecule has 1 heterocycles. The molecule has 0 aromatic carbocycles. The fraction of sp³-hybridized carbons (Fsp3) is 0.786. The smallest absolute Gasteiger partial charge is 0.323 e. The first-order valence-electron chi connectivity index (χ1n) is 7.70. The summed E-state index contributed by atoms with van der Waals surface area (Å²) < 4.78 is 5.51. The molecule has 0 saturated heterocycles. The number of nitrogens with one attached hydrogen (secondary N) is 2. The summed E-state index contributed by atoms with van der Waals surface area (Å²) in [5.74, 6) is 7.74. The van der Waals surface area contributed by atoms with Crippen LogP contribution in [0.4, 0.5) is 11.9 Å². The van der Waals surface area contributed by atoms with Crippen molar-refractivity contribution in [1.82, 2.24) is 15.0 Å². The molecule has 7 heteroatoms. The molecule has 1 aromatic rings. The molecule has 0 atom stereocenters. The van der Waals surface area contributed by atoms with E-state index in [0.29, 0.717) is 17.8 Å². The number of hydrogen-bond acceptors (Lipinski definition) is 7. The first-order valence-corrected chi connectivity index (χ1v) is 7.70. The van der Waals surface area contributed by atoms with Gasteiger partial charge in [-0.25, -0.2) is 5.84 Å². The van der Waals surface area contributed by atoms with Crippen LogP contribution in [0.25, 0.3) is 0 Å².